The van der Waals surface area contributed by atoms with Gasteiger partial charge in [-0.05, 0) is 48.9 Å². The van der Waals surface area contributed by atoms with Crippen molar-refractivity contribution in [3.63, 3.8) is 0 Å². The molecule has 3 nitrogen and oxygen atoms in total. The highest BCUT2D eigenvalue weighted by atomic mass is 19.1. The summed E-state index contributed by atoms with van der Waals surface area (Å²) in [7, 11) is 1.53. The van der Waals surface area contributed by atoms with Gasteiger partial charge in [-0.25, -0.2) is 4.39 Å². The van der Waals surface area contributed by atoms with Gasteiger partial charge in [0.05, 0.1) is 18.5 Å². The molecular formula is C22H29FN2O. The quantitative estimate of drug-likeness (QED) is 0.626. The molecule has 3 rings (SSSR count). The molecule has 1 aromatic carbocycles. The van der Waals surface area contributed by atoms with Crippen LogP contribution in [-0.2, 0) is 6.42 Å². The highest BCUT2D eigenvalue weighted by Crippen LogP contribution is 2.33. The van der Waals surface area contributed by atoms with Crippen LogP contribution in [0.3, 0.4) is 0 Å². The van der Waals surface area contributed by atoms with Gasteiger partial charge in [-0.15, -0.1) is 0 Å². The highest BCUT2D eigenvalue weighted by Gasteiger charge is 2.20. The molecule has 1 heterocycles. The lowest BCUT2D eigenvalue weighted by Crippen LogP contribution is -2.15. The maximum atomic E-state index is 14.2. The molecule has 0 amide bonds. The van der Waals surface area contributed by atoms with E-state index in [4.69, 9.17) is 4.74 Å². The molecular weight excluding hydrogens is 327 g/mol. The molecule has 1 aliphatic rings. The number of benzene rings is 1. The summed E-state index contributed by atoms with van der Waals surface area (Å²) < 4.78 is 19.2. The maximum absolute atomic E-state index is 14.2. The molecule has 1 aromatic heterocycles. The average molecular weight is 356 g/mol. The van der Waals surface area contributed by atoms with E-state index < -0.39 is 0 Å². The molecule has 0 unspecified atom stereocenters. The third kappa shape index (κ3) is 4.80. The molecule has 1 aliphatic carbocycles. The number of hydrogen-bond acceptors (Lipinski definition) is 3. The molecule has 1 saturated carbocycles. The van der Waals surface area contributed by atoms with Crippen molar-refractivity contribution in [1.82, 2.24) is 10.2 Å². The van der Waals surface area contributed by atoms with E-state index in [-0.39, 0.29) is 5.82 Å². The summed E-state index contributed by atoms with van der Waals surface area (Å²) in [5.41, 5.74) is 2.02. The zero-order chi connectivity index (χ0) is 18.4. The molecule has 0 N–H and O–H groups in total. The van der Waals surface area contributed by atoms with Crippen molar-refractivity contribution in [2.45, 2.75) is 58.3 Å². The van der Waals surface area contributed by atoms with Gasteiger partial charge in [-0.3, -0.25) is 0 Å². The zero-order valence-electron chi connectivity index (χ0n) is 15.9. The van der Waals surface area contributed by atoms with Gasteiger partial charge >= 0.3 is 0 Å². The molecule has 0 aliphatic heterocycles. The number of aryl methyl sites for hydroxylation is 1. The molecule has 26 heavy (non-hydrogen) atoms. The highest BCUT2D eigenvalue weighted by molar-refractivity contribution is 5.60. The first-order chi connectivity index (χ1) is 12.7. The van der Waals surface area contributed by atoms with Gasteiger partial charge in [-0.1, -0.05) is 45.4 Å². The second-order valence-corrected chi connectivity index (χ2v) is 7.47. The molecule has 0 atom stereocenters. The average Bonchev–Trinajstić information content (AvgIpc) is 2.68. The zero-order valence-corrected chi connectivity index (χ0v) is 15.9. The van der Waals surface area contributed by atoms with Gasteiger partial charge in [0.15, 0.2) is 0 Å². The lowest BCUT2D eigenvalue weighted by molar-refractivity contribution is 0.252. The van der Waals surface area contributed by atoms with Gasteiger partial charge in [0, 0.05) is 11.6 Å². The van der Waals surface area contributed by atoms with Crippen molar-refractivity contribution < 1.29 is 9.13 Å². The number of aromatic nitrogens is 2. The molecule has 2 aromatic rings. The van der Waals surface area contributed by atoms with E-state index in [1.54, 1.807) is 12.1 Å². The van der Waals surface area contributed by atoms with Crippen LogP contribution in [0.4, 0.5) is 4.39 Å². The lowest BCUT2D eigenvalue weighted by Gasteiger charge is -2.28. The van der Waals surface area contributed by atoms with Crippen LogP contribution in [0.2, 0.25) is 0 Å². The number of ether oxygens (including phenoxy) is 1. The van der Waals surface area contributed by atoms with Crippen molar-refractivity contribution in [3.05, 3.63) is 41.8 Å². The van der Waals surface area contributed by atoms with Crippen molar-refractivity contribution in [3.8, 4) is 17.0 Å². The lowest BCUT2D eigenvalue weighted by atomic mass is 9.78. The third-order valence-electron chi connectivity index (χ3n) is 5.64. The van der Waals surface area contributed by atoms with Gasteiger partial charge < -0.3 is 4.74 Å². The topological polar surface area (TPSA) is 35.0 Å². The minimum Gasteiger partial charge on any atom is -0.497 e. The molecule has 0 radical (unpaired) electrons. The number of rotatable bonds is 7. The Morgan fingerprint density at radius 1 is 1.00 bits per heavy atom. The summed E-state index contributed by atoms with van der Waals surface area (Å²) in [6, 6.07) is 8.65. The van der Waals surface area contributed by atoms with Crippen LogP contribution in [0, 0.1) is 17.7 Å². The SMILES string of the molecule is CCCC1CCC(CCc2ccc(-c3ccc(OC)cc3F)nn2)CC1. The van der Waals surface area contributed by atoms with E-state index in [2.05, 4.69) is 17.1 Å². The first-order valence-corrected chi connectivity index (χ1v) is 9.86. The van der Waals surface area contributed by atoms with Crippen molar-refractivity contribution >= 4 is 0 Å². The number of methoxy groups -OCH3 is 1. The Bertz CT molecular complexity index is 694. The summed E-state index contributed by atoms with van der Waals surface area (Å²) in [5, 5.41) is 8.55. The monoisotopic (exact) mass is 356 g/mol. The van der Waals surface area contributed by atoms with Crippen molar-refractivity contribution in [1.29, 1.82) is 0 Å². The molecule has 1 fully saturated rings. The minimum atomic E-state index is -0.338. The molecule has 140 valence electrons. The van der Waals surface area contributed by atoms with Crippen LogP contribution < -0.4 is 4.74 Å². The van der Waals surface area contributed by atoms with E-state index in [0.717, 1.165) is 24.0 Å². The van der Waals surface area contributed by atoms with Gasteiger partial charge in [-0.2, -0.15) is 10.2 Å². The largest absolute Gasteiger partial charge is 0.497 e. The fourth-order valence-corrected chi connectivity index (χ4v) is 4.04. The Balaban J connectivity index is 1.54. The van der Waals surface area contributed by atoms with E-state index in [0.29, 0.717) is 17.0 Å². The van der Waals surface area contributed by atoms with Crippen LogP contribution in [0.5, 0.6) is 5.75 Å². The minimum absolute atomic E-state index is 0.338. The first-order valence-electron chi connectivity index (χ1n) is 9.86. The van der Waals surface area contributed by atoms with Gasteiger partial charge in [0.2, 0.25) is 0 Å². The predicted molar refractivity (Wildman–Crippen MR) is 103 cm³/mol. The summed E-state index contributed by atoms with van der Waals surface area (Å²) in [4.78, 5) is 0. The van der Waals surface area contributed by atoms with E-state index >= 15 is 0 Å². The fourth-order valence-electron chi connectivity index (χ4n) is 4.04. The molecule has 0 saturated heterocycles. The second-order valence-electron chi connectivity index (χ2n) is 7.47. The summed E-state index contributed by atoms with van der Waals surface area (Å²) in [6.45, 7) is 2.28. The summed E-state index contributed by atoms with van der Waals surface area (Å²) >= 11 is 0. The van der Waals surface area contributed by atoms with E-state index in [1.807, 2.05) is 12.1 Å². The predicted octanol–water partition coefficient (Wildman–Crippen LogP) is 5.83. The van der Waals surface area contributed by atoms with Crippen molar-refractivity contribution in [2.75, 3.05) is 7.11 Å². The van der Waals surface area contributed by atoms with Crippen LogP contribution in [0.1, 0.15) is 57.6 Å². The molecule has 4 heteroatoms. The van der Waals surface area contributed by atoms with E-state index in [1.165, 1.54) is 58.1 Å². The van der Waals surface area contributed by atoms with Crippen LogP contribution in [-0.4, -0.2) is 17.3 Å². The first kappa shape index (κ1) is 18.8. The van der Waals surface area contributed by atoms with Gasteiger partial charge in [0.25, 0.3) is 0 Å². The Kier molecular flexibility index (Phi) is 6.59. The van der Waals surface area contributed by atoms with Gasteiger partial charge in [0.1, 0.15) is 11.6 Å². The molecule has 0 spiro atoms. The Morgan fingerprint density at radius 2 is 1.73 bits per heavy atom. The Hall–Kier alpha value is -1.97. The van der Waals surface area contributed by atoms with Crippen LogP contribution >= 0.6 is 0 Å². The summed E-state index contributed by atoms with van der Waals surface area (Å²) in [5.74, 6) is 1.94. The third-order valence-corrected chi connectivity index (χ3v) is 5.64. The fraction of sp³-hybridized carbons (Fsp3) is 0.545. The smallest absolute Gasteiger partial charge is 0.136 e. The number of nitrogens with zero attached hydrogens (tertiary/aromatic N) is 2. The number of halogens is 1. The normalized spacial score (nSPS) is 20.1. The summed E-state index contributed by atoms with van der Waals surface area (Å²) in [6.07, 6.45) is 10.3. The number of hydrogen-bond donors (Lipinski definition) is 0. The Morgan fingerprint density at radius 3 is 2.31 bits per heavy atom. The standard InChI is InChI=1S/C22H29FN2O/c1-3-4-16-5-7-17(8-6-16)9-10-18-11-14-22(25-24-18)20-13-12-19(26-2)15-21(20)23/h11-17H,3-10H2,1-2H3. The van der Waals surface area contributed by atoms with E-state index in [9.17, 15) is 4.39 Å². The molecule has 0 bridgehead atoms. The van der Waals surface area contributed by atoms with Crippen molar-refractivity contribution in [2.24, 2.45) is 11.8 Å². The maximum Gasteiger partial charge on any atom is 0.136 e. The van der Waals surface area contributed by atoms with Crippen LogP contribution in [0.15, 0.2) is 30.3 Å². The Labute approximate surface area is 156 Å². The second kappa shape index (κ2) is 9.11. The van der Waals surface area contributed by atoms with Crippen LogP contribution in [0.25, 0.3) is 11.3 Å².